The molecule has 0 spiro atoms. The second-order valence-electron chi connectivity index (χ2n) is 4.94. The minimum Gasteiger partial charge on any atom is -0.348 e. The first kappa shape index (κ1) is 15.5. The van der Waals surface area contributed by atoms with Crippen LogP contribution in [0.25, 0.3) is 0 Å². The highest BCUT2D eigenvalue weighted by molar-refractivity contribution is 9.09. The van der Waals surface area contributed by atoms with E-state index in [-0.39, 0.29) is 11.9 Å². The summed E-state index contributed by atoms with van der Waals surface area (Å²) in [5.41, 5.74) is 1.59. The van der Waals surface area contributed by atoms with Gasteiger partial charge in [0.05, 0.1) is 10.6 Å². The van der Waals surface area contributed by atoms with Gasteiger partial charge in [-0.05, 0) is 37.0 Å². The zero-order chi connectivity index (χ0) is 13.7. The fraction of sp³-hybridized carbons (Fsp3) is 0.500. The van der Waals surface area contributed by atoms with Crippen LogP contribution in [-0.4, -0.2) is 17.3 Å². The van der Waals surface area contributed by atoms with Gasteiger partial charge in [-0.3, -0.25) is 4.79 Å². The number of halogens is 2. The van der Waals surface area contributed by atoms with E-state index >= 15 is 0 Å². The Labute approximate surface area is 122 Å². The van der Waals surface area contributed by atoms with Crippen molar-refractivity contribution in [2.75, 3.05) is 5.33 Å². The van der Waals surface area contributed by atoms with Gasteiger partial charge in [0.2, 0.25) is 0 Å². The van der Waals surface area contributed by atoms with E-state index in [0.29, 0.717) is 16.5 Å². The second kappa shape index (κ2) is 7.15. The topological polar surface area (TPSA) is 29.1 Å². The summed E-state index contributed by atoms with van der Waals surface area (Å²) in [5, 5.41) is 4.26. The molecular weight excluding hydrogens is 314 g/mol. The molecule has 1 N–H and O–H groups in total. The van der Waals surface area contributed by atoms with Crippen LogP contribution in [0, 0.1) is 12.8 Å². The van der Waals surface area contributed by atoms with Crippen molar-refractivity contribution < 1.29 is 4.79 Å². The second-order valence-corrected chi connectivity index (χ2v) is 5.99. The molecule has 0 aliphatic carbocycles. The Balaban J connectivity index is 2.74. The van der Waals surface area contributed by atoms with Gasteiger partial charge in [-0.25, -0.2) is 0 Å². The molecular formula is C14H19BrClNO. The lowest BCUT2D eigenvalue weighted by Crippen LogP contribution is -2.37. The maximum Gasteiger partial charge on any atom is 0.253 e. The monoisotopic (exact) mass is 331 g/mol. The number of amides is 1. The van der Waals surface area contributed by atoms with Gasteiger partial charge in [0.25, 0.3) is 5.91 Å². The van der Waals surface area contributed by atoms with Gasteiger partial charge in [-0.15, -0.1) is 0 Å². The summed E-state index contributed by atoms with van der Waals surface area (Å²) in [6, 6.07) is 5.61. The van der Waals surface area contributed by atoms with E-state index in [1.54, 1.807) is 6.07 Å². The van der Waals surface area contributed by atoms with E-state index in [1.807, 2.05) is 19.1 Å². The third-order valence-corrected chi connectivity index (χ3v) is 3.74. The van der Waals surface area contributed by atoms with Crippen molar-refractivity contribution in [1.29, 1.82) is 0 Å². The largest absolute Gasteiger partial charge is 0.348 e. The van der Waals surface area contributed by atoms with Crippen LogP contribution in [0.2, 0.25) is 5.02 Å². The quantitative estimate of drug-likeness (QED) is 0.805. The predicted molar refractivity (Wildman–Crippen MR) is 80.7 cm³/mol. The molecule has 1 unspecified atom stereocenters. The molecule has 0 saturated carbocycles. The standard InChI is InChI=1S/C14H19BrClNO/c1-9(2)6-11(8-15)17-14(18)12-5-4-10(3)7-13(12)16/h4-5,7,9,11H,6,8H2,1-3H3,(H,17,18). The highest BCUT2D eigenvalue weighted by atomic mass is 79.9. The first-order valence-corrected chi connectivity index (χ1v) is 7.57. The maximum absolute atomic E-state index is 12.1. The van der Waals surface area contributed by atoms with Crippen molar-refractivity contribution in [3.8, 4) is 0 Å². The van der Waals surface area contributed by atoms with Gasteiger partial charge >= 0.3 is 0 Å². The van der Waals surface area contributed by atoms with Crippen LogP contribution in [0.4, 0.5) is 0 Å². The summed E-state index contributed by atoms with van der Waals surface area (Å²) in [7, 11) is 0. The number of alkyl halides is 1. The summed E-state index contributed by atoms with van der Waals surface area (Å²) in [4.78, 5) is 12.1. The van der Waals surface area contributed by atoms with Crippen molar-refractivity contribution in [3.63, 3.8) is 0 Å². The third-order valence-electron chi connectivity index (χ3n) is 2.65. The number of rotatable bonds is 5. The number of hydrogen-bond donors (Lipinski definition) is 1. The van der Waals surface area contributed by atoms with E-state index in [9.17, 15) is 4.79 Å². The molecule has 0 bridgehead atoms. The molecule has 0 aliphatic rings. The van der Waals surface area contributed by atoms with Crippen molar-refractivity contribution in [1.82, 2.24) is 5.32 Å². The normalized spacial score (nSPS) is 12.6. The van der Waals surface area contributed by atoms with Gasteiger partial charge < -0.3 is 5.32 Å². The van der Waals surface area contributed by atoms with Crippen molar-refractivity contribution in [3.05, 3.63) is 34.3 Å². The van der Waals surface area contributed by atoms with Crippen molar-refractivity contribution in [2.45, 2.75) is 33.2 Å². The van der Waals surface area contributed by atoms with Crippen LogP contribution in [0.3, 0.4) is 0 Å². The number of benzene rings is 1. The third kappa shape index (κ3) is 4.62. The van der Waals surface area contributed by atoms with E-state index in [1.165, 1.54) is 0 Å². The highest BCUT2D eigenvalue weighted by Gasteiger charge is 2.16. The van der Waals surface area contributed by atoms with Crippen molar-refractivity contribution >= 4 is 33.4 Å². The lowest BCUT2D eigenvalue weighted by molar-refractivity contribution is 0.0937. The molecule has 18 heavy (non-hydrogen) atoms. The summed E-state index contributed by atoms with van der Waals surface area (Å²) in [6.07, 6.45) is 0.945. The molecule has 0 heterocycles. The van der Waals surface area contributed by atoms with Crippen molar-refractivity contribution in [2.24, 2.45) is 5.92 Å². The van der Waals surface area contributed by atoms with E-state index in [4.69, 9.17) is 11.6 Å². The average Bonchev–Trinajstić information content (AvgIpc) is 2.27. The number of carbonyl (C=O) groups is 1. The molecule has 0 saturated heterocycles. The molecule has 0 aliphatic heterocycles. The number of aryl methyl sites for hydroxylation is 1. The van der Waals surface area contributed by atoms with E-state index < -0.39 is 0 Å². The Kier molecular flexibility index (Phi) is 6.16. The molecule has 100 valence electrons. The lowest BCUT2D eigenvalue weighted by atomic mass is 10.0. The fourth-order valence-corrected chi connectivity index (χ4v) is 2.54. The van der Waals surface area contributed by atoms with E-state index in [2.05, 4.69) is 35.1 Å². The van der Waals surface area contributed by atoms with Crippen LogP contribution in [0.1, 0.15) is 36.2 Å². The summed E-state index contributed by atoms with van der Waals surface area (Å²) < 4.78 is 0. The average molecular weight is 333 g/mol. The minimum absolute atomic E-state index is 0.106. The van der Waals surface area contributed by atoms with Crippen LogP contribution in [0.5, 0.6) is 0 Å². The maximum atomic E-state index is 12.1. The van der Waals surface area contributed by atoms with Gasteiger partial charge in [0.1, 0.15) is 0 Å². The highest BCUT2D eigenvalue weighted by Crippen LogP contribution is 2.18. The summed E-state index contributed by atoms with van der Waals surface area (Å²) in [6.45, 7) is 6.23. The number of carbonyl (C=O) groups excluding carboxylic acids is 1. The number of nitrogens with one attached hydrogen (secondary N) is 1. The molecule has 1 atom stereocenters. The van der Waals surface area contributed by atoms with Crippen LogP contribution in [-0.2, 0) is 0 Å². The Bertz CT molecular complexity index is 420. The fourth-order valence-electron chi connectivity index (χ4n) is 1.80. The van der Waals surface area contributed by atoms with Gasteiger partial charge in [-0.2, -0.15) is 0 Å². The van der Waals surface area contributed by atoms with Crippen LogP contribution < -0.4 is 5.32 Å². The van der Waals surface area contributed by atoms with E-state index in [0.717, 1.165) is 17.3 Å². The summed E-state index contributed by atoms with van der Waals surface area (Å²) >= 11 is 9.51. The molecule has 0 aromatic heterocycles. The minimum atomic E-state index is -0.106. The first-order chi connectivity index (χ1) is 8.43. The Morgan fingerprint density at radius 2 is 2.11 bits per heavy atom. The smallest absolute Gasteiger partial charge is 0.253 e. The summed E-state index contributed by atoms with van der Waals surface area (Å²) in [5.74, 6) is 0.437. The Hall–Kier alpha value is -0.540. The molecule has 0 radical (unpaired) electrons. The lowest BCUT2D eigenvalue weighted by Gasteiger charge is -2.18. The Morgan fingerprint density at radius 3 is 2.61 bits per heavy atom. The molecule has 1 rings (SSSR count). The van der Waals surface area contributed by atoms with Gasteiger partial charge in [-0.1, -0.05) is 47.4 Å². The molecule has 0 fully saturated rings. The van der Waals surface area contributed by atoms with Gasteiger partial charge in [0.15, 0.2) is 0 Å². The van der Waals surface area contributed by atoms with Crippen LogP contribution >= 0.6 is 27.5 Å². The molecule has 4 heteroatoms. The zero-order valence-corrected chi connectivity index (χ0v) is 13.3. The molecule has 1 aromatic carbocycles. The Morgan fingerprint density at radius 1 is 1.44 bits per heavy atom. The number of hydrogen-bond acceptors (Lipinski definition) is 1. The molecule has 1 amide bonds. The predicted octanol–water partition coefficient (Wildman–Crippen LogP) is 4.19. The SMILES string of the molecule is Cc1ccc(C(=O)NC(CBr)CC(C)C)c(Cl)c1. The van der Waals surface area contributed by atoms with Gasteiger partial charge in [0, 0.05) is 11.4 Å². The first-order valence-electron chi connectivity index (χ1n) is 6.07. The molecule has 1 aromatic rings. The van der Waals surface area contributed by atoms with Crippen LogP contribution in [0.15, 0.2) is 18.2 Å². The zero-order valence-electron chi connectivity index (χ0n) is 11.0. The molecule has 2 nitrogen and oxygen atoms in total.